The van der Waals surface area contributed by atoms with Crippen molar-refractivity contribution in [1.82, 2.24) is 0 Å². The molecule has 0 bridgehead atoms. The third-order valence-electron chi connectivity index (χ3n) is 1.77. The Bertz CT molecular complexity index is 506. The van der Waals surface area contributed by atoms with Crippen LogP contribution in [0.3, 0.4) is 0 Å². The molecule has 1 aromatic carbocycles. The molecular weight excluding hydrogens is 234 g/mol. The van der Waals surface area contributed by atoms with Crippen LogP contribution in [0.25, 0.3) is 6.08 Å². The van der Waals surface area contributed by atoms with E-state index in [0.29, 0.717) is 11.3 Å². The van der Waals surface area contributed by atoms with Gasteiger partial charge in [0.1, 0.15) is 4.90 Å². The second kappa shape index (κ2) is 4.59. The Hall–Kier alpha value is -1.13. The van der Waals surface area contributed by atoms with E-state index in [9.17, 15) is 8.42 Å². The lowest BCUT2D eigenvalue weighted by Gasteiger charge is -2.04. The van der Waals surface area contributed by atoms with Gasteiger partial charge >= 0.3 is 0 Å². The molecule has 0 radical (unpaired) electrons. The first kappa shape index (κ1) is 11.9. The predicted octanol–water partition coefficient (Wildman–Crippen LogP) is 2.98. The molecule has 0 saturated heterocycles. The lowest BCUT2D eigenvalue weighted by molar-refractivity contribution is 0.610. The van der Waals surface area contributed by atoms with Crippen LogP contribution in [0.1, 0.15) is 12.5 Å². The summed E-state index contributed by atoms with van der Waals surface area (Å²) in [6.07, 6.45) is 3.04. The standard InChI is InChI=1S/C10H10ClNO2S/c1-3-8-6-5-7-9(15(11,13)14)10(8)12-4-2/h3-7H,1H2,2H3/b12-4-. The number of nitrogens with zero attached hydrogens (tertiary/aromatic N) is 1. The van der Waals surface area contributed by atoms with Crippen LogP contribution in [0, 0.1) is 0 Å². The smallest absolute Gasteiger partial charge is 0.259 e. The fourth-order valence-corrected chi connectivity index (χ4v) is 2.18. The molecule has 0 N–H and O–H groups in total. The van der Waals surface area contributed by atoms with Gasteiger partial charge in [-0.1, -0.05) is 24.8 Å². The Morgan fingerprint density at radius 3 is 2.60 bits per heavy atom. The molecule has 0 aliphatic heterocycles. The summed E-state index contributed by atoms with van der Waals surface area (Å²) in [5.74, 6) is 0. The van der Waals surface area contributed by atoms with E-state index in [2.05, 4.69) is 11.6 Å². The lowest BCUT2D eigenvalue weighted by Crippen LogP contribution is -1.92. The average Bonchev–Trinajstić information content (AvgIpc) is 2.17. The molecule has 0 unspecified atom stereocenters. The van der Waals surface area contributed by atoms with E-state index in [1.807, 2.05) is 0 Å². The van der Waals surface area contributed by atoms with Crippen molar-refractivity contribution in [2.45, 2.75) is 11.8 Å². The Kier molecular flexibility index (Phi) is 3.66. The molecule has 3 nitrogen and oxygen atoms in total. The zero-order valence-electron chi connectivity index (χ0n) is 8.14. The zero-order chi connectivity index (χ0) is 11.5. The molecule has 0 heterocycles. The van der Waals surface area contributed by atoms with Gasteiger partial charge in [0.2, 0.25) is 0 Å². The Morgan fingerprint density at radius 1 is 1.47 bits per heavy atom. The first-order valence-electron chi connectivity index (χ1n) is 4.19. The van der Waals surface area contributed by atoms with Crippen molar-refractivity contribution < 1.29 is 8.42 Å². The van der Waals surface area contributed by atoms with Crippen molar-refractivity contribution in [3.63, 3.8) is 0 Å². The van der Waals surface area contributed by atoms with Gasteiger partial charge in [0, 0.05) is 22.5 Å². The molecule has 0 aliphatic carbocycles. The van der Waals surface area contributed by atoms with Crippen molar-refractivity contribution in [1.29, 1.82) is 0 Å². The SMILES string of the molecule is C=Cc1cccc(S(=O)(=O)Cl)c1/N=C\C. The quantitative estimate of drug-likeness (QED) is 0.605. The highest BCUT2D eigenvalue weighted by atomic mass is 35.7. The van der Waals surface area contributed by atoms with E-state index in [0.717, 1.165) is 0 Å². The van der Waals surface area contributed by atoms with Gasteiger partial charge in [0.15, 0.2) is 0 Å². The summed E-state index contributed by atoms with van der Waals surface area (Å²) in [4.78, 5) is 3.98. The minimum Gasteiger partial charge on any atom is -0.259 e. The minimum atomic E-state index is -3.78. The normalized spacial score (nSPS) is 11.9. The second-order valence-corrected chi connectivity index (χ2v) is 5.26. The number of halogens is 1. The van der Waals surface area contributed by atoms with Gasteiger partial charge in [-0.2, -0.15) is 0 Å². The summed E-state index contributed by atoms with van der Waals surface area (Å²) in [5, 5.41) is 0. The Labute approximate surface area is 93.5 Å². The van der Waals surface area contributed by atoms with Gasteiger partial charge < -0.3 is 0 Å². The van der Waals surface area contributed by atoms with Crippen LogP contribution in [-0.4, -0.2) is 14.6 Å². The number of benzene rings is 1. The molecule has 0 spiro atoms. The maximum absolute atomic E-state index is 11.3. The zero-order valence-corrected chi connectivity index (χ0v) is 9.72. The number of para-hydroxylation sites is 1. The minimum absolute atomic E-state index is 0.000309. The van der Waals surface area contributed by atoms with Crippen LogP contribution in [0.5, 0.6) is 0 Å². The van der Waals surface area contributed by atoms with Crippen molar-refractivity contribution in [3.05, 3.63) is 30.3 Å². The van der Waals surface area contributed by atoms with Crippen LogP contribution in [0.4, 0.5) is 5.69 Å². The molecule has 80 valence electrons. The summed E-state index contributed by atoms with van der Waals surface area (Å²) in [6, 6.07) is 4.74. The van der Waals surface area contributed by atoms with Crippen LogP contribution < -0.4 is 0 Å². The third-order valence-corrected chi connectivity index (χ3v) is 3.12. The lowest BCUT2D eigenvalue weighted by atomic mass is 10.2. The van der Waals surface area contributed by atoms with E-state index in [4.69, 9.17) is 10.7 Å². The van der Waals surface area contributed by atoms with Crippen LogP contribution in [-0.2, 0) is 9.05 Å². The summed E-state index contributed by atoms with van der Waals surface area (Å²) >= 11 is 0. The summed E-state index contributed by atoms with van der Waals surface area (Å²) in [6.45, 7) is 5.28. The number of hydrogen-bond acceptors (Lipinski definition) is 3. The predicted molar refractivity (Wildman–Crippen MR) is 63.4 cm³/mol. The van der Waals surface area contributed by atoms with Crippen LogP contribution in [0.15, 0.2) is 34.7 Å². The fourth-order valence-electron chi connectivity index (χ4n) is 1.17. The van der Waals surface area contributed by atoms with Gasteiger partial charge in [-0.25, -0.2) is 8.42 Å². The van der Waals surface area contributed by atoms with E-state index in [1.165, 1.54) is 18.4 Å². The van der Waals surface area contributed by atoms with Gasteiger partial charge in [-0.15, -0.1) is 0 Å². The number of hydrogen-bond donors (Lipinski definition) is 0. The van der Waals surface area contributed by atoms with Crippen molar-refractivity contribution in [2.24, 2.45) is 4.99 Å². The molecule has 1 aromatic rings. The van der Waals surface area contributed by atoms with Gasteiger partial charge in [0.05, 0.1) is 5.69 Å². The van der Waals surface area contributed by atoms with E-state index in [-0.39, 0.29) is 4.90 Å². The van der Waals surface area contributed by atoms with E-state index in [1.54, 1.807) is 19.1 Å². The molecule has 0 fully saturated rings. The Morgan fingerprint density at radius 2 is 2.13 bits per heavy atom. The topological polar surface area (TPSA) is 46.5 Å². The highest BCUT2D eigenvalue weighted by molar-refractivity contribution is 8.13. The van der Waals surface area contributed by atoms with Crippen molar-refractivity contribution in [2.75, 3.05) is 0 Å². The maximum Gasteiger partial charge on any atom is 0.263 e. The molecule has 5 heteroatoms. The molecular formula is C10H10ClNO2S. The van der Waals surface area contributed by atoms with Gasteiger partial charge in [-0.3, -0.25) is 4.99 Å². The second-order valence-electron chi connectivity index (χ2n) is 2.72. The summed E-state index contributed by atoms with van der Waals surface area (Å²) in [7, 11) is 1.51. The van der Waals surface area contributed by atoms with Crippen LogP contribution >= 0.6 is 10.7 Å². The molecule has 0 aromatic heterocycles. The number of rotatable bonds is 3. The highest BCUT2D eigenvalue weighted by Gasteiger charge is 2.16. The fraction of sp³-hybridized carbons (Fsp3) is 0.100. The van der Waals surface area contributed by atoms with Crippen LogP contribution in [0.2, 0.25) is 0 Å². The first-order valence-corrected chi connectivity index (χ1v) is 6.50. The molecule has 0 amide bonds. The number of aliphatic imine (C=N–C) groups is 1. The third kappa shape index (κ3) is 2.67. The first-order chi connectivity index (χ1) is 7.00. The molecule has 1 rings (SSSR count). The molecule has 0 aliphatic rings. The summed E-state index contributed by atoms with van der Waals surface area (Å²) < 4.78 is 22.5. The van der Waals surface area contributed by atoms with E-state index < -0.39 is 9.05 Å². The largest absolute Gasteiger partial charge is 0.263 e. The highest BCUT2D eigenvalue weighted by Crippen LogP contribution is 2.31. The van der Waals surface area contributed by atoms with E-state index >= 15 is 0 Å². The maximum atomic E-state index is 11.3. The molecule has 0 atom stereocenters. The monoisotopic (exact) mass is 243 g/mol. The van der Waals surface area contributed by atoms with Gasteiger partial charge in [0.25, 0.3) is 9.05 Å². The molecule has 0 saturated carbocycles. The van der Waals surface area contributed by atoms with Crippen molar-refractivity contribution in [3.8, 4) is 0 Å². The van der Waals surface area contributed by atoms with Gasteiger partial charge in [-0.05, 0) is 13.0 Å². The Balaban J connectivity index is 3.59. The van der Waals surface area contributed by atoms with Crippen molar-refractivity contribution >= 4 is 37.7 Å². The molecule has 15 heavy (non-hydrogen) atoms. The summed E-state index contributed by atoms with van der Waals surface area (Å²) in [5.41, 5.74) is 0.958. The average molecular weight is 244 g/mol.